The first kappa shape index (κ1) is 14.1. The zero-order valence-corrected chi connectivity index (χ0v) is 11.6. The van der Waals surface area contributed by atoms with E-state index in [0.29, 0.717) is 12.0 Å². The molecular weight excluding hydrogens is 250 g/mol. The zero-order chi connectivity index (χ0) is 14.6. The zero-order valence-electron chi connectivity index (χ0n) is 11.6. The number of nitrogens with zero attached hydrogens (tertiary/aromatic N) is 1. The highest BCUT2D eigenvalue weighted by Gasteiger charge is 2.46. The second-order valence-electron chi connectivity index (χ2n) is 4.93. The van der Waals surface area contributed by atoms with E-state index in [1.807, 2.05) is 36.4 Å². The monoisotopic (exact) mass is 267 g/mol. The third-order valence-corrected chi connectivity index (χ3v) is 3.71. The molecular formula is C17H17NO2. The molecule has 0 aliphatic heterocycles. The third-order valence-electron chi connectivity index (χ3n) is 3.71. The van der Waals surface area contributed by atoms with Crippen LogP contribution in [0.5, 0.6) is 0 Å². The van der Waals surface area contributed by atoms with E-state index >= 15 is 0 Å². The van der Waals surface area contributed by atoms with Crippen molar-refractivity contribution in [3.8, 4) is 6.07 Å². The molecule has 2 rings (SSSR count). The number of ether oxygens (including phenoxy) is 1. The first-order valence-corrected chi connectivity index (χ1v) is 6.59. The first-order valence-electron chi connectivity index (χ1n) is 6.59. The second kappa shape index (κ2) is 5.75. The molecule has 0 heterocycles. The van der Waals surface area contributed by atoms with Gasteiger partial charge in [0.2, 0.25) is 0 Å². The summed E-state index contributed by atoms with van der Waals surface area (Å²) in [7, 11) is 1.32. The number of carbonyl (C=O) groups is 1. The van der Waals surface area contributed by atoms with Crippen LogP contribution in [0.2, 0.25) is 0 Å². The molecule has 1 aliphatic rings. The summed E-state index contributed by atoms with van der Waals surface area (Å²) in [6.45, 7) is 4.02. The van der Waals surface area contributed by atoms with E-state index in [4.69, 9.17) is 4.74 Å². The van der Waals surface area contributed by atoms with Crippen LogP contribution in [-0.2, 0) is 9.53 Å². The maximum atomic E-state index is 12.1. The summed E-state index contributed by atoms with van der Waals surface area (Å²) in [5, 5.41) is 9.58. The molecule has 0 bridgehead atoms. The van der Waals surface area contributed by atoms with Gasteiger partial charge in [-0.2, -0.15) is 5.26 Å². The summed E-state index contributed by atoms with van der Waals surface area (Å²) >= 11 is 0. The van der Waals surface area contributed by atoms with Crippen molar-refractivity contribution < 1.29 is 9.53 Å². The fraction of sp³-hybridized carbons (Fsp3) is 0.294. The molecule has 102 valence electrons. The average molecular weight is 267 g/mol. The highest BCUT2D eigenvalue weighted by Crippen LogP contribution is 2.44. The number of carbonyl (C=O) groups excluding carboxylic acids is 1. The fourth-order valence-electron chi connectivity index (χ4n) is 2.63. The quantitative estimate of drug-likeness (QED) is 0.771. The molecule has 0 aromatic heterocycles. The van der Waals surface area contributed by atoms with Crippen LogP contribution in [-0.4, -0.2) is 13.1 Å². The molecule has 1 aromatic carbocycles. The molecule has 0 saturated heterocycles. The van der Waals surface area contributed by atoms with Crippen LogP contribution in [0.4, 0.5) is 0 Å². The molecule has 1 aliphatic carbocycles. The number of allylic oxidation sites excluding steroid dienone is 1. The largest absolute Gasteiger partial charge is 0.468 e. The van der Waals surface area contributed by atoms with Gasteiger partial charge in [-0.3, -0.25) is 0 Å². The van der Waals surface area contributed by atoms with E-state index in [1.165, 1.54) is 7.11 Å². The highest BCUT2D eigenvalue weighted by molar-refractivity contribution is 5.88. The predicted octanol–water partition coefficient (Wildman–Crippen LogP) is 3.49. The van der Waals surface area contributed by atoms with Crippen molar-refractivity contribution in [2.75, 3.05) is 7.11 Å². The topological polar surface area (TPSA) is 50.1 Å². The summed E-state index contributed by atoms with van der Waals surface area (Å²) in [5.41, 5.74) is 1.25. The summed E-state index contributed by atoms with van der Waals surface area (Å²) < 4.78 is 4.86. The maximum Gasteiger partial charge on any atom is 0.330 e. The van der Waals surface area contributed by atoms with Crippen LogP contribution in [0.15, 0.2) is 48.1 Å². The molecule has 0 radical (unpaired) electrons. The smallest absolute Gasteiger partial charge is 0.330 e. The Balaban J connectivity index is 2.55. The lowest BCUT2D eigenvalue weighted by atomic mass is 9.68. The molecule has 1 saturated carbocycles. The number of methoxy groups -OCH3 is 1. The SMILES string of the molecule is C=C1CCCC(C#N)(C(=O)OC)/C1=C\c1ccccc1. The number of hydrogen-bond acceptors (Lipinski definition) is 3. The lowest BCUT2D eigenvalue weighted by Crippen LogP contribution is -2.36. The van der Waals surface area contributed by atoms with E-state index in [2.05, 4.69) is 12.6 Å². The normalized spacial score (nSPS) is 24.2. The molecule has 1 atom stereocenters. The van der Waals surface area contributed by atoms with Gasteiger partial charge in [0.15, 0.2) is 5.41 Å². The van der Waals surface area contributed by atoms with E-state index in [-0.39, 0.29) is 0 Å². The molecule has 20 heavy (non-hydrogen) atoms. The Hall–Kier alpha value is -2.34. The molecule has 3 nitrogen and oxygen atoms in total. The number of hydrogen-bond donors (Lipinski definition) is 0. The summed E-state index contributed by atoms with van der Waals surface area (Å²) in [5.74, 6) is -0.497. The molecule has 0 amide bonds. The highest BCUT2D eigenvalue weighted by atomic mass is 16.5. The Morgan fingerprint density at radius 3 is 2.75 bits per heavy atom. The third kappa shape index (κ3) is 2.37. The first-order chi connectivity index (χ1) is 9.64. The van der Waals surface area contributed by atoms with Gasteiger partial charge in [0, 0.05) is 0 Å². The Morgan fingerprint density at radius 1 is 1.45 bits per heavy atom. The van der Waals surface area contributed by atoms with Crippen LogP contribution in [0, 0.1) is 16.7 Å². The van der Waals surface area contributed by atoms with Crippen molar-refractivity contribution in [1.29, 1.82) is 5.26 Å². The van der Waals surface area contributed by atoms with Crippen molar-refractivity contribution >= 4 is 12.0 Å². The minimum absolute atomic E-state index is 0.480. The van der Waals surface area contributed by atoms with Gasteiger partial charge >= 0.3 is 5.97 Å². The van der Waals surface area contributed by atoms with Gasteiger partial charge in [-0.05, 0) is 42.0 Å². The minimum atomic E-state index is -1.22. The van der Waals surface area contributed by atoms with Crippen molar-refractivity contribution in [1.82, 2.24) is 0 Å². The Labute approximate surface area is 119 Å². The fourth-order valence-corrected chi connectivity index (χ4v) is 2.63. The van der Waals surface area contributed by atoms with E-state index in [9.17, 15) is 10.1 Å². The Kier molecular flexibility index (Phi) is 4.05. The van der Waals surface area contributed by atoms with Gasteiger partial charge in [0.05, 0.1) is 13.2 Å². The number of benzene rings is 1. The molecule has 0 N–H and O–H groups in total. The van der Waals surface area contributed by atoms with Gasteiger partial charge in [0.1, 0.15) is 0 Å². The molecule has 1 fully saturated rings. The summed E-state index contributed by atoms with van der Waals surface area (Å²) in [6.07, 6.45) is 3.93. The van der Waals surface area contributed by atoms with Crippen LogP contribution < -0.4 is 0 Å². The minimum Gasteiger partial charge on any atom is -0.468 e. The number of rotatable bonds is 2. The number of esters is 1. The van der Waals surface area contributed by atoms with Gasteiger partial charge in [-0.1, -0.05) is 36.9 Å². The average Bonchev–Trinajstić information content (AvgIpc) is 2.49. The van der Waals surface area contributed by atoms with Gasteiger partial charge < -0.3 is 4.74 Å². The van der Waals surface area contributed by atoms with Gasteiger partial charge in [0.25, 0.3) is 0 Å². The standard InChI is InChI=1S/C17H17NO2/c1-13-7-6-10-17(12-18,16(19)20-2)15(13)11-14-8-4-3-5-9-14/h3-5,8-9,11H,1,6-7,10H2,2H3/b15-11-. The van der Waals surface area contributed by atoms with Crippen LogP contribution in [0.3, 0.4) is 0 Å². The maximum absolute atomic E-state index is 12.1. The van der Waals surface area contributed by atoms with Crippen LogP contribution >= 0.6 is 0 Å². The number of nitriles is 1. The predicted molar refractivity (Wildman–Crippen MR) is 77.5 cm³/mol. The van der Waals surface area contributed by atoms with Crippen molar-refractivity contribution in [2.45, 2.75) is 19.3 Å². The van der Waals surface area contributed by atoms with Crippen molar-refractivity contribution in [2.24, 2.45) is 5.41 Å². The molecule has 1 unspecified atom stereocenters. The lowest BCUT2D eigenvalue weighted by Gasteiger charge is -2.32. The van der Waals surface area contributed by atoms with E-state index < -0.39 is 11.4 Å². The van der Waals surface area contributed by atoms with Gasteiger partial charge in [-0.15, -0.1) is 0 Å². The van der Waals surface area contributed by atoms with E-state index in [0.717, 1.165) is 24.0 Å². The molecule has 0 spiro atoms. The van der Waals surface area contributed by atoms with Crippen LogP contribution in [0.25, 0.3) is 6.08 Å². The van der Waals surface area contributed by atoms with Crippen LogP contribution in [0.1, 0.15) is 24.8 Å². The van der Waals surface area contributed by atoms with Gasteiger partial charge in [-0.25, -0.2) is 4.79 Å². The molecule has 3 heteroatoms. The van der Waals surface area contributed by atoms with Crippen molar-refractivity contribution in [3.63, 3.8) is 0 Å². The summed E-state index contributed by atoms with van der Waals surface area (Å²) in [4.78, 5) is 12.1. The lowest BCUT2D eigenvalue weighted by molar-refractivity contribution is -0.147. The Morgan fingerprint density at radius 2 is 2.15 bits per heavy atom. The van der Waals surface area contributed by atoms with Crippen molar-refractivity contribution in [3.05, 3.63) is 53.6 Å². The second-order valence-corrected chi connectivity index (χ2v) is 4.93. The summed E-state index contributed by atoms with van der Waals surface area (Å²) in [6, 6.07) is 11.8. The van der Waals surface area contributed by atoms with E-state index in [1.54, 1.807) is 0 Å². The molecule has 1 aromatic rings. The Bertz CT molecular complexity index is 595.